The largest absolute Gasteiger partial charge is 0.377 e. The van der Waals surface area contributed by atoms with E-state index < -0.39 is 27.4 Å². The molecule has 2 saturated heterocycles. The zero-order valence-corrected chi connectivity index (χ0v) is 15.4. The number of morpholine rings is 1. The number of sulfonamides is 1. The van der Waals surface area contributed by atoms with Gasteiger partial charge in [-0.1, -0.05) is 6.92 Å². The Morgan fingerprint density at radius 3 is 2.40 bits per heavy atom. The molecule has 0 saturated carbocycles. The van der Waals surface area contributed by atoms with E-state index in [-0.39, 0.29) is 17.3 Å². The van der Waals surface area contributed by atoms with E-state index in [1.807, 2.05) is 13.8 Å². The van der Waals surface area contributed by atoms with E-state index in [9.17, 15) is 18.0 Å². The second kappa shape index (κ2) is 6.10. The van der Waals surface area contributed by atoms with Crippen molar-refractivity contribution in [2.24, 2.45) is 5.92 Å². The van der Waals surface area contributed by atoms with Crippen molar-refractivity contribution in [3.05, 3.63) is 29.8 Å². The Kier molecular flexibility index (Phi) is 4.36. The standard InChI is InChI=1S/C17H22N2O5S/c1-12-10-25(22,23)19(15(12)20)14-6-4-13(5-7-14)16(21)18-8-9-24-11-17(18,2)3/h4-7,12H,8-11H2,1-3H3. The van der Waals surface area contributed by atoms with Gasteiger partial charge in [-0.2, -0.15) is 0 Å². The van der Waals surface area contributed by atoms with E-state index in [0.717, 1.165) is 4.31 Å². The number of carbonyl (C=O) groups excluding carboxylic acids is 2. The first kappa shape index (κ1) is 17.9. The molecule has 3 rings (SSSR count). The van der Waals surface area contributed by atoms with Crippen LogP contribution in [0.5, 0.6) is 0 Å². The van der Waals surface area contributed by atoms with Crippen LogP contribution in [0.15, 0.2) is 24.3 Å². The van der Waals surface area contributed by atoms with Gasteiger partial charge in [-0.05, 0) is 38.1 Å². The number of ether oxygens (including phenoxy) is 1. The van der Waals surface area contributed by atoms with Crippen LogP contribution in [0.1, 0.15) is 31.1 Å². The summed E-state index contributed by atoms with van der Waals surface area (Å²) in [4.78, 5) is 26.6. The molecule has 0 radical (unpaired) electrons. The Balaban J connectivity index is 1.86. The first-order valence-electron chi connectivity index (χ1n) is 8.20. The molecule has 2 amide bonds. The van der Waals surface area contributed by atoms with Gasteiger partial charge in [0.05, 0.1) is 36.1 Å². The van der Waals surface area contributed by atoms with Gasteiger partial charge in [0.25, 0.3) is 5.91 Å². The first-order chi connectivity index (χ1) is 11.6. The van der Waals surface area contributed by atoms with Crippen molar-refractivity contribution < 1.29 is 22.7 Å². The summed E-state index contributed by atoms with van der Waals surface area (Å²) >= 11 is 0. The Labute approximate surface area is 147 Å². The molecule has 0 aliphatic carbocycles. The van der Waals surface area contributed by atoms with Gasteiger partial charge >= 0.3 is 0 Å². The van der Waals surface area contributed by atoms with Gasteiger partial charge in [0, 0.05) is 12.1 Å². The summed E-state index contributed by atoms with van der Waals surface area (Å²) in [5.74, 6) is -1.31. The Morgan fingerprint density at radius 2 is 1.88 bits per heavy atom. The maximum Gasteiger partial charge on any atom is 0.254 e. The summed E-state index contributed by atoms with van der Waals surface area (Å²) in [5.41, 5.74) is 0.320. The van der Waals surface area contributed by atoms with Crippen molar-refractivity contribution >= 4 is 27.5 Å². The molecule has 0 bridgehead atoms. The first-order valence-corrected chi connectivity index (χ1v) is 9.81. The van der Waals surface area contributed by atoms with Crippen molar-refractivity contribution in [3.63, 3.8) is 0 Å². The van der Waals surface area contributed by atoms with Crippen LogP contribution in [0.4, 0.5) is 5.69 Å². The smallest absolute Gasteiger partial charge is 0.254 e. The van der Waals surface area contributed by atoms with Crippen LogP contribution < -0.4 is 4.31 Å². The number of hydrogen-bond donors (Lipinski definition) is 0. The van der Waals surface area contributed by atoms with Crippen LogP contribution in [-0.2, 0) is 19.6 Å². The fourth-order valence-corrected chi connectivity index (χ4v) is 5.04. The van der Waals surface area contributed by atoms with Crippen molar-refractivity contribution in [1.82, 2.24) is 4.90 Å². The van der Waals surface area contributed by atoms with Gasteiger partial charge in [-0.3, -0.25) is 9.59 Å². The number of hydrogen-bond acceptors (Lipinski definition) is 5. The zero-order chi connectivity index (χ0) is 18.4. The number of anilines is 1. The van der Waals surface area contributed by atoms with Gasteiger partial charge in [0.15, 0.2) is 0 Å². The normalized spacial score (nSPS) is 25.2. The van der Waals surface area contributed by atoms with Crippen LogP contribution in [0.25, 0.3) is 0 Å². The Morgan fingerprint density at radius 1 is 1.24 bits per heavy atom. The number of benzene rings is 1. The summed E-state index contributed by atoms with van der Waals surface area (Å²) < 4.78 is 30.6. The average molecular weight is 366 g/mol. The van der Waals surface area contributed by atoms with E-state index in [0.29, 0.717) is 25.3 Å². The minimum atomic E-state index is -3.64. The molecular formula is C17H22N2O5S. The third kappa shape index (κ3) is 3.16. The van der Waals surface area contributed by atoms with E-state index in [4.69, 9.17) is 4.74 Å². The topological polar surface area (TPSA) is 84.0 Å². The average Bonchev–Trinajstić information content (AvgIpc) is 2.74. The van der Waals surface area contributed by atoms with E-state index >= 15 is 0 Å². The van der Waals surface area contributed by atoms with Crippen LogP contribution in [0.2, 0.25) is 0 Å². The maximum atomic E-state index is 12.8. The van der Waals surface area contributed by atoms with Crippen LogP contribution in [-0.4, -0.2) is 56.2 Å². The molecule has 1 aromatic carbocycles. The fourth-order valence-electron chi connectivity index (χ4n) is 3.22. The summed E-state index contributed by atoms with van der Waals surface area (Å²) in [5, 5.41) is 0. The predicted octanol–water partition coefficient (Wildman–Crippen LogP) is 1.25. The van der Waals surface area contributed by atoms with E-state index in [2.05, 4.69) is 0 Å². The molecule has 2 heterocycles. The SMILES string of the molecule is CC1CS(=O)(=O)N(c2ccc(C(=O)N3CCOCC3(C)C)cc2)C1=O. The molecule has 0 aromatic heterocycles. The third-order valence-electron chi connectivity index (χ3n) is 4.60. The van der Waals surface area contributed by atoms with Crippen molar-refractivity contribution in [2.45, 2.75) is 26.3 Å². The molecule has 1 unspecified atom stereocenters. The highest BCUT2D eigenvalue weighted by atomic mass is 32.2. The minimum Gasteiger partial charge on any atom is -0.377 e. The molecule has 7 nitrogen and oxygen atoms in total. The second-order valence-corrected chi connectivity index (χ2v) is 9.01. The van der Waals surface area contributed by atoms with E-state index in [1.165, 1.54) is 12.1 Å². The highest BCUT2D eigenvalue weighted by Crippen LogP contribution is 2.29. The van der Waals surface area contributed by atoms with Crippen LogP contribution in [0, 0.1) is 5.92 Å². The molecule has 2 aliphatic heterocycles. The lowest BCUT2D eigenvalue weighted by atomic mass is 10.0. The lowest BCUT2D eigenvalue weighted by molar-refractivity contribution is -0.119. The molecule has 2 fully saturated rings. The summed E-state index contributed by atoms with van der Waals surface area (Å²) in [6.45, 7) is 6.94. The van der Waals surface area contributed by atoms with Gasteiger partial charge in [-0.25, -0.2) is 12.7 Å². The predicted molar refractivity (Wildman–Crippen MR) is 92.8 cm³/mol. The number of amides is 2. The molecule has 1 aromatic rings. The lowest BCUT2D eigenvalue weighted by Crippen LogP contribution is -2.55. The molecule has 136 valence electrons. The highest BCUT2D eigenvalue weighted by Gasteiger charge is 2.42. The van der Waals surface area contributed by atoms with Gasteiger partial charge in [-0.15, -0.1) is 0 Å². The minimum absolute atomic E-state index is 0.135. The van der Waals surface area contributed by atoms with Gasteiger partial charge in [0.1, 0.15) is 0 Å². The Bertz CT molecular complexity index is 801. The third-order valence-corrected chi connectivity index (χ3v) is 6.47. The molecule has 1 atom stereocenters. The summed E-state index contributed by atoms with van der Waals surface area (Å²) in [6.07, 6.45) is 0. The summed E-state index contributed by atoms with van der Waals surface area (Å²) in [7, 11) is -3.64. The van der Waals surface area contributed by atoms with Crippen molar-refractivity contribution in [2.75, 3.05) is 29.8 Å². The maximum absolute atomic E-state index is 12.8. The van der Waals surface area contributed by atoms with Gasteiger partial charge < -0.3 is 9.64 Å². The molecule has 2 aliphatic rings. The molecule has 8 heteroatoms. The summed E-state index contributed by atoms with van der Waals surface area (Å²) in [6, 6.07) is 6.15. The van der Waals surface area contributed by atoms with Crippen molar-refractivity contribution in [3.8, 4) is 0 Å². The number of carbonyl (C=O) groups is 2. The quantitative estimate of drug-likeness (QED) is 0.787. The molecule has 0 N–H and O–H groups in total. The van der Waals surface area contributed by atoms with Crippen LogP contribution >= 0.6 is 0 Å². The van der Waals surface area contributed by atoms with E-state index in [1.54, 1.807) is 24.0 Å². The number of rotatable bonds is 2. The molecule has 0 spiro atoms. The Hall–Kier alpha value is -1.93. The monoisotopic (exact) mass is 366 g/mol. The zero-order valence-electron chi connectivity index (χ0n) is 14.6. The lowest BCUT2D eigenvalue weighted by Gasteiger charge is -2.42. The highest BCUT2D eigenvalue weighted by molar-refractivity contribution is 7.94. The fraction of sp³-hybridized carbons (Fsp3) is 0.529. The van der Waals surface area contributed by atoms with Gasteiger partial charge in [0.2, 0.25) is 15.9 Å². The van der Waals surface area contributed by atoms with Crippen molar-refractivity contribution in [1.29, 1.82) is 0 Å². The van der Waals surface area contributed by atoms with Crippen LogP contribution in [0.3, 0.4) is 0 Å². The number of nitrogens with zero attached hydrogens (tertiary/aromatic N) is 2. The second-order valence-electron chi connectivity index (χ2n) is 7.15. The molecule has 25 heavy (non-hydrogen) atoms. The molecular weight excluding hydrogens is 344 g/mol.